The van der Waals surface area contributed by atoms with Gasteiger partial charge in [0.05, 0.1) is 12.1 Å². The van der Waals surface area contributed by atoms with Crippen molar-refractivity contribution in [3.05, 3.63) is 29.5 Å². The third-order valence-electron chi connectivity index (χ3n) is 3.80. The average molecular weight is 244 g/mol. The Balaban J connectivity index is 2.09. The predicted octanol–water partition coefficient (Wildman–Crippen LogP) is 2.94. The van der Waals surface area contributed by atoms with Gasteiger partial charge in [-0.25, -0.2) is 0 Å². The summed E-state index contributed by atoms with van der Waals surface area (Å²) in [5, 5.41) is 1.34. The van der Waals surface area contributed by atoms with Crippen LogP contribution in [0.4, 0.5) is 0 Å². The summed E-state index contributed by atoms with van der Waals surface area (Å²) < 4.78 is 5.71. The normalized spacial score (nSPS) is 15.9. The van der Waals surface area contributed by atoms with Crippen LogP contribution in [0.15, 0.2) is 18.2 Å². The van der Waals surface area contributed by atoms with Crippen molar-refractivity contribution in [3.63, 3.8) is 0 Å². The first-order chi connectivity index (χ1) is 8.83. The SMILES string of the molecule is CCOc1cccc2c3c([nH]c12)CN(CC)CC3. The van der Waals surface area contributed by atoms with Crippen LogP contribution in [0.25, 0.3) is 10.9 Å². The molecule has 0 atom stereocenters. The van der Waals surface area contributed by atoms with E-state index >= 15 is 0 Å². The van der Waals surface area contributed by atoms with Crippen LogP contribution in [0.1, 0.15) is 25.1 Å². The zero-order valence-corrected chi connectivity index (χ0v) is 11.1. The Morgan fingerprint density at radius 2 is 2.22 bits per heavy atom. The van der Waals surface area contributed by atoms with Gasteiger partial charge >= 0.3 is 0 Å². The molecular formula is C15H20N2O. The number of hydrogen-bond donors (Lipinski definition) is 1. The number of fused-ring (bicyclic) bond motifs is 3. The molecular weight excluding hydrogens is 224 g/mol. The number of aromatic nitrogens is 1. The summed E-state index contributed by atoms with van der Waals surface area (Å²) in [5.74, 6) is 0.979. The number of nitrogens with one attached hydrogen (secondary N) is 1. The summed E-state index contributed by atoms with van der Waals surface area (Å²) in [6, 6.07) is 6.34. The molecule has 0 fully saturated rings. The van der Waals surface area contributed by atoms with Gasteiger partial charge in [-0.2, -0.15) is 0 Å². The number of hydrogen-bond acceptors (Lipinski definition) is 2. The predicted molar refractivity (Wildman–Crippen MR) is 74.1 cm³/mol. The van der Waals surface area contributed by atoms with E-state index in [1.807, 2.05) is 13.0 Å². The molecule has 1 aromatic carbocycles. The van der Waals surface area contributed by atoms with Gasteiger partial charge < -0.3 is 9.72 Å². The molecule has 0 radical (unpaired) electrons. The number of aromatic amines is 1. The van der Waals surface area contributed by atoms with E-state index in [1.165, 1.54) is 22.2 Å². The third kappa shape index (κ3) is 1.79. The third-order valence-corrected chi connectivity index (χ3v) is 3.80. The van der Waals surface area contributed by atoms with Gasteiger partial charge in [0.25, 0.3) is 0 Å². The van der Waals surface area contributed by atoms with Gasteiger partial charge in [0.1, 0.15) is 5.75 Å². The summed E-state index contributed by atoms with van der Waals surface area (Å²) in [6.45, 7) is 8.28. The molecule has 1 aliphatic rings. The van der Waals surface area contributed by atoms with Gasteiger partial charge in [-0.1, -0.05) is 19.1 Å². The van der Waals surface area contributed by atoms with Crippen LogP contribution < -0.4 is 4.74 Å². The summed E-state index contributed by atoms with van der Waals surface area (Å²) in [5.41, 5.74) is 4.02. The molecule has 3 rings (SSSR count). The van der Waals surface area contributed by atoms with Crippen molar-refractivity contribution in [2.24, 2.45) is 0 Å². The highest BCUT2D eigenvalue weighted by molar-refractivity contribution is 5.89. The summed E-state index contributed by atoms with van der Waals surface area (Å²) in [7, 11) is 0. The average Bonchev–Trinajstić information content (AvgIpc) is 2.78. The Morgan fingerprint density at radius 1 is 1.33 bits per heavy atom. The van der Waals surface area contributed by atoms with Crippen molar-refractivity contribution >= 4 is 10.9 Å². The Bertz CT molecular complexity index is 559. The summed E-state index contributed by atoms with van der Waals surface area (Å²) in [4.78, 5) is 6.04. The maximum atomic E-state index is 5.71. The first kappa shape index (κ1) is 11.6. The molecule has 1 N–H and O–H groups in total. The first-order valence-electron chi connectivity index (χ1n) is 6.81. The van der Waals surface area contributed by atoms with Crippen LogP contribution in [0.2, 0.25) is 0 Å². The molecule has 3 heteroatoms. The van der Waals surface area contributed by atoms with Crippen LogP contribution in [0, 0.1) is 0 Å². The molecule has 0 saturated heterocycles. The van der Waals surface area contributed by atoms with E-state index in [0.29, 0.717) is 6.61 Å². The van der Waals surface area contributed by atoms with Crippen LogP contribution in [0.3, 0.4) is 0 Å². The van der Waals surface area contributed by atoms with E-state index in [0.717, 1.165) is 31.8 Å². The molecule has 1 aromatic heterocycles. The van der Waals surface area contributed by atoms with Gasteiger partial charge in [0.2, 0.25) is 0 Å². The number of rotatable bonds is 3. The van der Waals surface area contributed by atoms with Crippen LogP contribution >= 0.6 is 0 Å². The first-order valence-corrected chi connectivity index (χ1v) is 6.81. The maximum absolute atomic E-state index is 5.71. The molecule has 0 amide bonds. The molecule has 0 spiro atoms. The number of ether oxygens (including phenoxy) is 1. The lowest BCUT2D eigenvalue weighted by molar-refractivity contribution is 0.266. The molecule has 2 heterocycles. The largest absolute Gasteiger partial charge is 0.492 e. The van der Waals surface area contributed by atoms with Crippen LogP contribution in [-0.4, -0.2) is 29.6 Å². The smallest absolute Gasteiger partial charge is 0.143 e. The van der Waals surface area contributed by atoms with Gasteiger partial charge in [0.15, 0.2) is 0 Å². The number of nitrogens with zero attached hydrogens (tertiary/aromatic N) is 1. The topological polar surface area (TPSA) is 28.3 Å². The van der Waals surface area contributed by atoms with E-state index in [4.69, 9.17) is 4.74 Å². The van der Waals surface area contributed by atoms with Crippen molar-refractivity contribution in [1.29, 1.82) is 0 Å². The van der Waals surface area contributed by atoms with Gasteiger partial charge in [-0.05, 0) is 31.5 Å². The van der Waals surface area contributed by atoms with Gasteiger partial charge in [-0.15, -0.1) is 0 Å². The molecule has 2 aromatic rings. The molecule has 96 valence electrons. The maximum Gasteiger partial charge on any atom is 0.143 e. The minimum atomic E-state index is 0.712. The Kier molecular flexibility index (Phi) is 3.00. The molecule has 0 saturated carbocycles. The number of likely N-dealkylation sites (N-methyl/N-ethyl adjacent to an activating group) is 1. The highest BCUT2D eigenvalue weighted by atomic mass is 16.5. The van der Waals surface area contributed by atoms with Gasteiger partial charge in [-0.3, -0.25) is 4.90 Å². The van der Waals surface area contributed by atoms with Crippen molar-refractivity contribution in [2.45, 2.75) is 26.8 Å². The zero-order valence-electron chi connectivity index (χ0n) is 11.1. The molecule has 0 unspecified atom stereocenters. The number of H-pyrrole nitrogens is 1. The van der Waals surface area contributed by atoms with Crippen molar-refractivity contribution < 1.29 is 4.74 Å². The zero-order chi connectivity index (χ0) is 12.5. The highest BCUT2D eigenvalue weighted by Gasteiger charge is 2.20. The highest BCUT2D eigenvalue weighted by Crippen LogP contribution is 2.32. The number of benzene rings is 1. The minimum Gasteiger partial charge on any atom is -0.492 e. The lowest BCUT2D eigenvalue weighted by Crippen LogP contribution is -2.29. The van der Waals surface area contributed by atoms with E-state index in [-0.39, 0.29) is 0 Å². The van der Waals surface area contributed by atoms with Crippen LogP contribution in [-0.2, 0) is 13.0 Å². The lowest BCUT2D eigenvalue weighted by Gasteiger charge is -2.25. The Labute approximate surface area is 108 Å². The summed E-state index contributed by atoms with van der Waals surface area (Å²) >= 11 is 0. The molecule has 1 aliphatic heterocycles. The van der Waals surface area contributed by atoms with E-state index in [9.17, 15) is 0 Å². The second kappa shape index (κ2) is 4.65. The fourth-order valence-corrected chi connectivity index (χ4v) is 2.84. The molecule has 18 heavy (non-hydrogen) atoms. The van der Waals surface area contributed by atoms with E-state index in [1.54, 1.807) is 0 Å². The molecule has 0 bridgehead atoms. The fraction of sp³-hybridized carbons (Fsp3) is 0.467. The minimum absolute atomic E-state index is 0.712. The fourth-order valence-electron chi connectivity index (χ4n) is 2.84. The summed E-state index contributed by atoms with van der Waals surface area (Å²) in [6.07, 6.45) is 1.14. The Hall–Kier alpha value is -1.48. The van der Waals surface area contributed by atoms with Crippen molar-refractivity contribution in [3.8, 4) is 5.75 Å². The molecule has 0 aliphatic carbocycles. The second-order valence-corrected chi connectivity index (χ2v) is 4.81. The van der Waals surface area contributed by atoms with E-state index in [2.05, 4.69) is 28.9 Å². The van der Waals surface area contributed by atoms with Crippen molar-refractivity contribution in [2.75, 3.05) is 19.7 Å². The van der Waals surface area contributed by atoms with E-state index < -0.39 is 0 Å². The number of para-hydroxylation sites is 1. The van der Waals surface area contributed by atoms with Crippen molar-refractivity contribution in [1.82, 2.24) is 9.88 Å². The van der Waals surface area contributed by atoms with Gasteiger partial charge in [0, 0.05) is 24.2 Å². The monoisotopic (exact) mass is 244 g/mol. The quantitative estimate of drug-likeness (QED) is 0.899. The van der Waals surface area contributed by atoms with Crippen LogP contribution in [0.5, 0.6) is 5.75 Å². The lowest BCUT2D eigenvalue weighted by atomic mass is 10.0. The second-order valence-electron chi connectivity index (χ2n) is 4.81. The standard InChI is InChI=1S/C15H20N2O/c1-3-17-9-8-11-12-6-5-7-14(18-4-2)15(12)16-13(11)10-17/h5-7,16H,3-4,8-10H2,1-2H3. The Morgan fingerprint density at radius 3 is 3.00 bits per heavy atom. The molecule has 3 nitrogen and oxygen atoms in total.